The van der Waals surface area contributed by atoms with Gasteiger partial charge in [-0.3, -0.25) is 0 Å². The lowest BCUT2D eigenvalue weighted by molar-refractivity contribution is 0.419. The number of hydrogen-bond donors (Lipinski definition) is 1. The number of ether oxygens (including phenoxy) is 1. The fourth-order valence-corrected chi connectivity index (χ4v) is 3.36. The highest BCUT2D eigenvalue weighted by Crippen LogP contribution is 2.34. The molecule has 3 aromatic carbocycles. The van der Waals surface area contributed by atoms with E-state index in [2.05, 4.69) is 52.9 Å². The van der Waals surface area contributed by atoms with Gasteiger partial charge in [0.1, 0.15) is 5.75 Å². The summed E-state index contributed by atoms with van der Waals surface area (Å²) in [6.07, 6.45) is 0. The van der Waals surface area contributed by atoms with Crippen LogP contribution in [0.3, 0.4) is 0 Å². The summed E-state index contributed by atoms with van der Waals surface area (Å²) < 4.78 is 6.63. The topological polar surface area (TPSA) is 35.2 Å². The van der Waals surface area contributed by atoms with Crippen molar-refractivity contribution in [1.29, 1.82) is 0 Å². The Hall–Kier alpha value is -1.59. The molecule has 3 aromatic rings. The Kier molecular flexibility index (Phi) is 4.12. The van der Waals surface area contributed by atoms with Crippen molar-refractivity contribution in [1.82, 2.24) is 0 Å². The van der Waals surface area contributed by atoms with Crippen LogP contribution < -0.4 is 10.5 Å². The fourth-order valence-electron chi connectivity index (χ4n) is 2.64. The molecule has 2 nitrogen and oxygen atoms in total. The van der Waals surface area contributed by atoms with Gasteiger partial charge in [-0.15, -0.1) is 0 Å². The standard InChI is InChI=1S/C18H16INO/c1-21-17-11-10-14(12-6-2-3-7-13(12)17)18(20)15-8-4-5-9-16(15)19/h2-11,18H,20H2,1H3. The first kappa shape index (κ1) is 14.4. The molecule has 3 rings (SSSR count). The van der Waals surface area contributed by atoms with E-state index in [9.17, 15) is 0 Å². The van der Waals surface area contributed by atoms with Gasteiger partial charge in [0.15, 0.2) is 0 Å². The Morgan fingerprint density at radius 1 is 0.857 bits per heavy atom. The van der Waals surface area contributed by atoms with Crippen LogP contribution in [0.25, 0.3) is 10.8 Å². The summed E-state index contributed by atoms with van der Waals surface area (Å²) in [5.74, 6) is 0.879. The molecule has 1 unspecified atom stereocenters. The number of halogens is 1. The first-order valence-electron chi connectivity index (χ1n) is 6.78. The fraction of sp³-hybridized carbons (Fsp3) is 0.111. The molecular weight excluding hydrogens is 373 g/mol. The number of fused-ring (bicyclic) bond motifs is 1. The second kappa shape index (κ2) is 6.03. The predicted molar refractivity (Wildman–Crippen MR) is 95.7 cm³/mol. The Labute approximate surface area is 138 Å². The van der Waals surface area contributed by atoms with E-state index < -0.39 is 0 Å². The maximum absolute atomic E-state index is 6.53. The minimum atomic E-state index is -0.145. The summed E-state index contributed by atoms with van der Waals surface area (Å²) in [6.45, 7) is 0. The van der Waals surface area contributed by atoms with Gasteiger partial charge >= 0.3 is 0 Å². The van der Waals surface area contributed by atoms with Crippen LogP contribution >= 0.6 is 22.6 Å². The van der Waals surface area contributed by atoms with E-state index in [0.29, 0.717) is 0 Å². The number of hydrogen-bond acceptors (Lipinski definition) is 2. The smallest absolute Gasteiger partial charge is 0.126 e. The normalized spacial score (nSPS) is 12.3. The molecule has 0 bridgehead atoms. The molecule has 1 atom stereocenters. The van der Waals surface area contributed by atoms with Crippen LogP contribution in [0.5, 0.6) is 5.75 Å². The lowest BCUT2D eigenvalue weighted by Crippen LogP contribution is -2.13. The van der Waals surface area contributed by atoms with Crippen LogP contribution in [0.15, 0.2) is 60.7 Å². The second-order valence-electron chi connectivity index (χ2n) is 4.90. The van der Waals surface area contributed by atoms with E-state index in [1.165, 1.54) is 3.57 Å². The Bertz CT molecular complexity index is 785. The SMILES string of the molecule is COc1ccc(C(N)c2ccccc2I)c2ccccc12. The number of nitrogens with two attached hydrogens (primary N) is 1. The van der Waals surface area contributed by atoms with Crippen LogP contribution in [0.4, 0.5) is 0 Å². The minimum absolute atomic E-state index is 0.145. The molecule has 0 saturated carbocycles. The van der Waals surface area contributed by atoms with E-state index in [1.807, 2.05) is 30.3 Å². The molecule has 0 aliphatic heterocycles. The van der Waals surface area contributed by atoms with Gasteiger partial charge < -0.3 is 10.5 Å². The summed E-state index contributed by atoms with van der Waals surface area (Å²) in [4.78, 5) is 0. The summed E-state index contributed by atoms with van der Waals surface area (Å²) in [7, 11) is 1.70. The van der Waals surface area contributed by atoms with E-state index >= 15 is 0 Å². The van der Waals surface area contributed by atoms with Crippen LogP contribution in [0, 0.1) is 3.57 Å². The Balaban J connectivity index is 2.19. The summed E-state index contributed by atoms with van der Waals surface area (Å²) in [5, 5.41) is 2.24. The number of benzene rings is 3. The highest BCUT2D eigenvalue weighted by Gasteiger charge is 2.15. The number of methoxy groups -OCH3 is 1. The van der Waals surface area contributed by atoms with Crippen molar-refractivity contribution in [3.63, 3.8) is 0 Å². The van der Waals surface area contributed by atoms with Crippen LogP contribution in [0.1, 0.15) is 17.2 Å². The zero-order chi connectivity index (χ0) is 14.8. The van der Waals surface area contributed by atoms with Gasteiger partial charge in [-0.1, -0.05) is 48.5 Å². The van der Waals surface area contributed by atoms with Gasteiger partial charge in [0.05, 0.1) is 13.2 Å². The van der Waals surface area contributed by atoms with Crippen molar-refractivity contribution in [2.45, 2.75) is 6.04 Å². The molecule has 21 heavy (non-hydrogen) atoms. The van der Waals surface area contributed by atoms with Crippen molar-refractivity contribution >= 4 is 33.4 Å². The third-order valence-electron chi connectivity index (χ3n) is 3.71. The molecule has 3 heteroatoms. The lowest BCUT2D eigenvalue weighted by atomic mass is 9.94. The highest BCUT2D eigenvalue weighted by atomic mass is 127. The third kappa shape index (κ3) is 2.63. The number of rotatable bonds is 3. The largest absolute Gasteiger partial charge is 0.496 e. The lowest BCUT2D eigenvalue weighted by Gasteiger charge is -2.18. The molecule has 0 aromatic heterocycles. The molecular formula is C18H16INO. The molecule has 0 spiro atoms. The predicted octanol–water partition coefficient (Wildman–Crippen LogP) is 4.50. The average Bonchev–Trinajstić information content (AvgIpc) is 2.53. The molecule has 0 saturated heterocycles. The van der Waals surface area contributed by atoms with Crippen molar-refractivity contribution in [2.24, 2.45) is 5.73 Å². The quantitative estimate of drug-likeness (QED) is 0.670. The molecule has 0 amide bonds. The van der Waals surface area contributed by atoms with Crippen LogP contribution in [-0.2, 0) is 0 Å². The molecule has 0 aliphatic carbocycles. The highest BCUT2D eigenvalue weighted by molar-refractivity contribution is 14.1. The maximum Gasteiger partial charge on any atom is 0.126 e. The molecule has 0 fully saturated rings. The van der Waals surface area contributed by atoms with Crippen molar-refractivity contribution in [2.75, 3.05) is 7.11 Å². The van der Waals surface area contributed by atoms with Gasteiger partial charge in [-0.2, -0.15) is 0 Å². The van der Waals surface area contributed by atoms with Gasteiger partial charge in [-0.05, 0) is 51.2 Å². The summed E-state index contributed by atoms with van der Waals surface area (Å²) in [5.41, 5.74) is 8.80. The zero-order valence-corrected chi connectivity index (χ0v) is 13.9. The van der Waals surface area contributed by atoms with Crippen molar-refractivity contribution < 1.29 is 4.74 Å². The first-order valence-corrected chi connectivity index (χ1v) is 7.86. The van der Waals surface area contributed by atoms with Gasteiger partial charge in [0, 0.05) is 8.96 Å². The first-order chi connectivity index (χ1) is 10.2. The molecule has 0 radical (unpaired) electrons. The van der Waals surface area contributed by atoms with E-state index in [-0.39, 0.29) is 6.04 Å². The van der Waals surface area contributed by atoms with Gasteiger partial charge in [0.2, 0.25) is 0 Å². The monoisotopic (exact) mass is 389 g/mol. The Morgan fingerprint density at radius 2 is 1.52 bits per heavy atom. The zero-order valence-electron chi connectivity index (χ0n) is 11.7. The molecule has 0 aliphatic rings. The average molecular weight is 389 g/mol. The van der Waals surface area contributed by atoms with E-state index in [0.717, 1.165) is 27.6 Å². The molecule has 106 valence electrons. The maximum atomic E-state index is 6.53. The van der Waals surface area contributed by atoms with Gasteiger partial charge in [-0.25, -0.2) is 0 Å². The Morgan fingerprint density at radius 3 is 2.24 bits per heavy atom. The van der Waals surface area contributed by atoms with Crippen molar-refractivity contribution in [3.8, 4) is 5.75 Å². The minimum Gasteiger partial charge on any atom is -0.496 e. The van der Waals surface area contributed by atoms with Crippen molar-refractivity contribution in [3.05, 3.63) is 75.4 Å². The third-order valence-corrected chi connectivity index (χ3v) is 4.70. The molecule has 0 heterocycles. The van der Waals surface area contributed by atoms with Crippen LogP contribution in [0.2, 0.25) is 0 Å². The van der Waals surface area contributed by atoms with E-state index in [1.54, 1.807) is 7.11 Å². The second-order valence-corrected chi connectivity index (χ2v) is 6.06. The van der Waals surface area contributed by atoms with E-state index in [4.69, 9.17) is 10.5 Å². The van der Waals surface area contributed by atoms with Gasteiger partial charge in [0.25, 0.3) is 0 Å². The summed E-state index contributed by atoms with van der Waals surface area (Å²) >= 11 is 2.34. The summed E-state index contributed by atoms with van der Waals surface area (Å²) in [6, 6.07) is 20.4. The molecule has 2 N–H and O–H groups in total. The van der Waals surface area contributed by atoms with Crippen LogP contribution in [-0.4, -0.2) is 7.11 Å².